The third-order valence-electron chi connectivity index (χ3n) is 0.586. The Balaban J connectivity index is 0.000000145. The van der Waals surface area contributed by atoms with Crippen molar-refractivity contribution in [2.45, 2.75) is 17.4 Å². The predicted octanol–water partition coefficient (Wildman–Crippen LogP) is 2.09. The van der Waals surface area contributed by atoms with E-state index < -0.39 is 0 Å². The first kappa shape index (κ1) is 8.12. The zero-order valence-electron chi connectivity index (χ0n) is 5.52. The van der Waals surface area contributed by atoms with Crippen molar-refractivity contribution in [3.8, 4) is 0 Å². The Bertz CT molecular complexity index is 72.4. The zero-order chi connectivity index (χ0) is 6.24. The number of allylic oxidation sites excluding steroid dienone is 4. The molecule has 0 radical (unpaired) electrons. The summed E-state index contributed by atoms with van der Waals surface area (Å²) in [7, 11) is 0. The molecule has 0 unspecified atom stereocenters. The molecule has 8 heavy (non-hydrogen) atoms. The minimum atomic E-state index is 0.312. The Kier molecular flexibility index (Phi) is 7.22. The Hall–Kier alpha value is 0.116. The van der Waals surface area contributed by atoms with Crippen molar-refractivity contribution in [1.82, 2.24) is 0 Å². The molecular weight excluding hydrogens is 154 g/mol. The van der Waals surface area contributed by atoms with Gasteiger partial charge in [0.2, 0.25) is 0 Å². The summed E-state index contributed by atoms with van der Waals surface area (Å²) in [4.78, 5) is 0. The van der Waals surface area contributed by atoms with Gasteiger partial charge in [-0.25, -0.2) is 12.2 Å². The van der Waals surface area contributed by atoms with Crippen LogP contribution < -0.4 is 0 Å². The molecule has 0 aliphatic heterocycles. The monoisotopic (exact) mass is 164 g/mol. The fourth-order valence-electron chi connectivity index (χ4n) is 0.340. The summed E-state index contributed by atoms with van der Waals surface area (Å²) in [5, 5.41) is 0. The number of rotatable bonds is 0. The topological polar surface area (TPSA) is 0 Å². The normalized spacial score (nSPS) is 12.2. The average Bonchev–Trinajstić information content (AvgIpc) is 2.17. The molecule has 0 amide bonds. The van der Waals surface area contributed by atoms with Crippen LogP contribution in [0.4, 0.5) is 0 Å². The predicted molar refractivity (Wildman–Crippen MR) is 39.1 cm³/mol. The van der Waals surface area contributed by atoms with E-state index in [0.29, 0.717) is 17.4 Å². The maximum atomic E-state index is 2.99. The van der Waals surface area contributed by atoms with Crippen molar-refractivity contribution in [3.05, 3.63) is 24.3 Å². The van der Waals surface area contributed by atoms with Gasteiger partial charge in [-0.1, -0.05) is 0 Å². The van der Waals surface area contributed by atoms with E-state index >= 15 is 0 Å². The second kappa shape index (κ2) is 7.12. The second-order valence-corrected chi connectivity index (χ2v) is 4.00. The molecule has 0 saturated heterocycles. The van der Waals surface area contributed by atoms with Crippen molar-refractivity contribution < 1.29 is 0 Å². The first-order valence-electron chi connectivity index (χ1n) is 2.87. The molecule has 1 heteroatoms. The Morgan fingerprint density at radius 2 is 2.12 bits per heavy atom. The van der Waals surface area contributed by atoms with Crippen LogP contribution >= 0.6 is 0 Å². The van der Waals surface area contributed by atoms with Crippen molar-refractivity contribution in [3.63, 3.8) is 0 Å². The van der Waals surface area contributed by atoms with E-state index in [9.17, 15) is 0 Å². The molecule has 0 nitrogen and oxygen atoms in total. The van der Waals surface area contributed by atoms with E-state index in [4.69, 9.17) is 0 Å². The SMILES string of the molecule is [C-]1=CC=CC1.[CH3][Ga+][CH3]. The van der Waals surface area contributed by atoms with E-state index in [0.717, 1.165) is 6.42 Å². The van der Waals surface area contributed by atoms with Crippen LogP contribution in [0.25, 0.3) is 0 Å². The quantitative estimate of drug-likeness (QED) is 0.380. The third-order valence-corrected chi connectivity index (χ3v) is 0.586. The van der Waals surface area contributed by atoms with Crippen LogP contribution in [0.5, 0.6) is 0 Å². The van der Waals surface area contributed by atoms with Crippen LogP contribution in [0, 0.1) is 6.08 Å². The molecule has 42 valence electrons. The first-order chi connectivity index (χ1) is 3.91. The number of hydrogen-bond donors (Lipinski definition) is 0. The fourth-order valence-corrected chi connectivity index (χ4v) is 0.340. The molecule has 1 aliphatic carbocycles. The van der Waals surface area contributed by atoms with Crippen LogP contribution in [0.15, 0.2) is 18.2 Å². The maximum absolute atomic E-state index is 2.99. The van der Waals surface area contributed by atoms with Gasteiger partial charge in [-0.3, -0.25) is 6.08 Å². The summed E-state index contributed by atoms with van der Waals surface area (Å²) in [5.41, 5.74) is 4.56. The van der Waals surface area contributed by atoms with Gasteiger partial charge in [-0.05, 0) is 0 Å². The average molecular weight is 165 g/mol. The standard InChI is InChI=1S/C5H5.2CH3.Ga/c1-2-4-5-3-1;;;/h1-3H,4H2;2*1H3;/q-1;;;+1. The molecule has 1 rings (SSSR count). The molecule has 0 fully saturated rings. The van der Waals surface area contributed by atoms with E-state index in [1.807, 2.05) is 12.2 Å². The molecule has 0 aromatic rings. The summed E-state index contributed by atoms with van der Waals surface area (Å²) < 4.78 is 0. The molecular formula is C7H11Ga. The van der Waals surface area contributed by atoms with Crippen LogP contribution in [0.1, 0.15) is 6.42 Å². The van der Waals surface area contributed by atoms with Gasteiger partial charge in [0.25, 0.3) is 0 Å². The number of hydrogen-bond acceptors (Lipinski definition) is 0. The molecule has 0 saturated carbocycles. The van der Waals surface area contributed by atoms with Gasteiger partial charge >= 0.3 is 28.4 Å². The molecule has 0 spiro atoms. The fraction of sp³-hybridized carbons (Fsp3) is 0.429. The van der Waals surface area contributed by atoms with Gasteiger partial charge in [-0.2, -0.15) is 6.08 Å². The van der Waals surface area contributed by atoms with Crippen molar-refractivity contribution in [2.75, 3.05) is 0 Å². The van der Waals surface area contributed by atoms with Crippen LogP contribution in [-0.4, -0.2) is 17.4 Å². The van der Waals surface area contributed by atoms with E-state index in [2.05, 4.69) is 23.1 Å². The van der Waals surface area contributed by atoms with Crippen molar-refractivity contribution >= 4 is 17.4 Å². The van der Waals surface area contributed by atoms with Crippen molar-refractivity contribution in [1.29, 1.82) is 0 Å². The molecule has 0 heterocycles. The zero-order valence-corrected chi connectivity index (χ0v) is 7.94. The second-order valence-electron chi connectivity index (χ2n) is 1.58. The Morgan fingerprint density at radius 1 is 1.50 bits per heavy atom. The Morgan fingerprint density at radius 3 is 2.25 bits per heavy atom. The molecule has 0 atom stereocenters. The minimum absolute atomic E-state index is 0.312. The molecule has 1 aliphatic rings. The summed E-state index contributed by atoms with van der Waals surface area (Å²) in [5.74, 6) is 0. The Labute approximate surface area is 59.5 Å². The van der Waals surface area contributed by atoms with E-state index in [1.54, 1.807) is 0 Å². The molecule has 0 aromatic heterocycles. The molecule has 0 N–H and O–H groups in total. The van der Waals surface area contributed by atoms with Crippen LogP contribution in [0.2, 0.25) is 11.0 Å². The van der Waals surface area contributed by atoms with Gasteiger partial charge in [0.1, 0.15) is 0 Å². The first-order valence-corrected chi connectivity index (χ1v) is 7.72. The molecule has 0 aromatic carbocycles. The van der Waals surface area contributed by atoms with E-state index in [1.165, 1.54) is 0 Å². The van der Waals surface area contributed by atoms with Crippen LogP contribution in [-0.2, 0) is 0 Å². The van der Waals surface area contributed by atoms with E-state index in [-0.39, 0.29) is 0 Å². The summed E-state index contributed by atoms with van der Waals surface area (Å²) in [6.45, 7) is 0. The van der Waals surface area contributed by atoms with Gasteiger partial charge in [0, 0.05) is 0 Å². The van der Waals surface area contributed by atoms with Crippen molar-refractivity contribution in [2.24, 2.45) is 0 Å². The van der Waals surface area contributed by atoms with Crippen LogP contribution in [0.3, 0.4) is 0 Å². The van der Waals surface area contributed by atoms with Gasteiger partial charge in [0.05, 0.1) is 0 Å². The summed E-state index contributed by atoms with van der Waals surface area (Å²) in [6.07, 6.45) is 10.0. The molecule has 0 bridgehead atoms. The van der Waals surface area contributed by atoms with Gasteiger partial charge in [0.15, 0.2) is 0 Å². The van der Waals surface area contributed by atoms with Gasteiger partial charge < -0.3 is 0 Å². The summed E-state index contributed by atoms with van der Waals surface area (Å²) >= 11 is 0.312. The summed E-state index contributed by atoms with van der Waals surface area (Å²) in [6, 6.07) is 0. The third kappa shape index (κ3) is 6.12. The van der Waals surface area contributed by atoms with Gasteiger partial charge in [-0.15, -0.1) is 6.42 Å².